The summed E-state index contributed by atoms with van der Waals surface area (Å²) in [7, 11) is 0. The molecular formula is C20H34IN3O2S. The Labute approximate surface area is 184 Å². The van der Waals surface area contributed by atoms with Crippen molar-refractivity contribution in [1.29, 1.82) is 0 Å². The molecule has 3 heterocycles. The van der Waals surface area contributed by atoms with E-state index in [-0.39, 0.29) is 24.0 Å². The lowest BCUT2D eigenvalue weighted by atomic mass is 10.1. The molecular weight excluding hydrogens is 473 g/mol. The van der Waals surface area contributed by atoms with Crippen LogP contribution in [0, 0.1) is 6.92 Å². The quantitative estimate of drug-likeness (QED) is 0.357. The number of hydrogen-bond donors (Lipinski definition) is 1. The Hall–Kier alpha value is -0.380. The molecule has 0 aromatic carbocycles. The van der Waals surface area contributed by atoms with Crippen molar-refractivity contribution in [2.45, 2.75) is 64.7 Å². The number of hydrogen-bond acceptors (Lipinski definition) is 4. The summed E-state index contributed by atoms with van der Waals surface area (Å²) in [6.07, 6.45) is 6.43. The molecule has 2 fully saturated rings. The van der Waals surface area contributed by atoms with Crippen LogP contribution in [-0.2, 0) is 16.0 Å². The average molecular weight is 507 g/mol. The van der Waals surface area contributed by atoms with E-state index >= 15 is 0 Å². The highest BCUT2D eigenvalue weighted by Gasteiger charge is 2.23. The van der Waals surface area contributed by atoms with Gasteiger partial charge in [-0.2, -0.15) is 0 Å². The summed E-state index contributed by atoms with van der Waals surface area (Å²) in [6.45, 7) is 9.63. The zero-order valence-corrected chi connectivity index (χ0v) is 19.8. The molecule has 0 bridgehead atoms. The van der Waals surface area contributed by atoms with Crippen molar-refractivity contribution in [2.75, 3.05) is 32.8 Å². The molecule has 154 valence electrons. The largest absolute Gasteiger partial charge is 0.376 e. The van der Waals surface area contributed by atoms with Gasteiger partial charge in [-0.1, -0.05) is 0 Å². The topological polar surface area (TPSA) is 46.1 Å². The predicted molar refractivity (Wildman–Crippen MR) is 123 cm³/mol. The van der Waals surface area contributed by atoms with Crippen LogP contribution in [0.5, 0.6) is 0 Å². The van der Waals surface area contributed by atoms with Crippen LogP contribution < -0.4 is 5.32 Å². The maximum atomic E-state index is 6.13. The number of guanidine groups is 1. The Balaban J connectivity index is 0.00000261. The third-order valence-corrected chi connectivity index (χ3v) is 6.22. The van der Waals surface area contributed by atoms with Gasteiger partial charge in [0.15, 0.2) is 5.96 Å². The number of rotatable bonds is 6. The van der Waals surface area contributed by atoms with Crippen molar-refractivity contribution in [1.82, 2.24) is 10.2 Å². The molecule has 1 N–H and O–H groups in total. The molecule has 1 atom stereocenters. The summed E-state index contributed by atoms with van der Waals surface area (Å²) < 4.78 is 11.9. The standard InChI is InChI=1S/C20H33N3O2S.HI/c1-3-21-20(22-14-19-16(2)9-13-26-19)23-10-7-17(8-11-23)25-15-18-6-4-5-12-24-18;/h9,13,17-18H,3-8,10-12,14-15H2,1-2H3,(H,21,22);1H. The number of aryl methyl sites for hydroxylation is 1. The molecule has 1 aromatic heterocycles. The zero-order chi connectivity index (χ0) is 18.2. The summed E-state index contributed by atoms with van der Waals surface area (Å²) in [5.74, 6) is 1.04. The second kappa shape index (κ2) is 12.2. The first-order chi connectivity index (χ1) is 12.8. The van der Waals surface area contributed by atoms with Gasteiger partial charge >= 0.3 is 0 Å². The van der Waals surface area contributed by atoms with Crippen LogP contribution in [0.4, 0.5) is 0 Å². The number of thiophene rings is 1. The first-order valence-electron chi connectivity index (χ1n) is 10.1. The van der Waals surface area contributed by atoms with Crippen molar-refractivity contribution in [3.63, 3.8) is 0 Å². The molecule has 5 nitrogen and oxygen atoms in total. The monoisotopic (exact) mass is 507 g/mol. The van der Waals surface area contributed by atoms with Crippen LogP contribution in [0.2, 0.25) is 0 Å². The molecule has 0 saturated carbocycles. The van der Waals surface area contributed by atoms with E-state index in [0.29, 0.717) is 12.2 Å². The number of aliphatic imine (C=N–C) groups is 1. The molecule has 2 aliphatic rings. The molecule has 0 aliphatic carbocycles. The van der Waals surface area contributed by atoms with Crippen LogP contribution >= 0.6 is 35.3 Å². The van der Waals surface area contributed by atoms with Gasteiger partial charge < -0.3 is 19.7 Å². The van der Waals surface area contributed by atoms with E-state index in [1.54, 1.807) is 11.3 Å². The van der Waals surface area contributed by atoms with Gasteiger partial charge in [-0.15, -0.1) is 35.3 Å². The van der Waals surface area contributed by atoms with Gasteiger partial charge in [0.1, 0.15) is 0 Å². The highest BCUT2D eigenvalue weighted by molar-refractivity contribution is 14.0. The van der Waals surface area contributed by atoms with Crippen LogP contribution in [-0.4, -0.2) is 55.9 Å². The van der Waals surface area contributed by atoms with E-state index in [1.165, 1.54) is 23.3 Å². The van der Waals surface area contributed by atoms with Gasteiger partial charge in [0.25, 0.3) is 0 Å². The Morgan fingerprint density at radius 3 is 2.78 bits per heavy atom. The van der Waals surface area contributed by atoms with Crippen LogP contribution in [0.3, 0.4) is 0 Å². The highest BCUT2D eigenvalue weighted by atomic mass is 127. The van der Waals surface area contributed by atoms with Crippen LogP contribution in [0.25, 0.3) is 0 Å². The smallest absolute Gasteiger partial charge is 0.194 e. The molecule has 2 saturated heterocycles. The molecule has 0 radical (unpaired) electrons. The van der Waals surface area contributed by atoms with E-state index < -0.39 is 0 Å². The Bertz CT molecular complexity index is 567. The van der Waals surface area contributed by atoms with Crippen LogP contribution in [0.15, 0.2) is 16.4 Å². The van der Waals surface area contributed by atoms with Crippen molar-refractivity contribution < 1.29 is 9.47 Å². The van der Waals surface area contributed by atoms with Gasteiger partial charge in [0.2, 0.25) is 0 Å². The Morgan fingerprint density at radius 2 is 2.15 bits per heavy atom. The maximum Gasteiger partial charge on any atom is 0.194 e. The first-order valence-corrected chi connectivity index (χ1v) is 10.9. The van der Waals surface area contributed by atoms with Crippen LogP contribution in [0.1, 0.15) is 49.5 Å². The summed E-state index contributed by atoms with van der Waals surface area (Å²) in [5.41, 5.74) is 1.34. The molecule has 7 heteroatoms. The lowest BCUT2D eigenvalue weighted by Gasteiger charge is -2.35. The zero-order valence-electron chi connectivity index (χ0n) is 16.6. The number of likely N-dealkylation sites (tertiary alicyclic amines) is 1. The molecule has 3 rings (SSSR count). The lowest BCUT2D eigenvalue weighted by Crippen LogP contribution is -2.47. The van der Waals surface area contributed by atoms with Crippen molar-refractivity contribution in [3.05, 3.63) is 21.9 Å². The number of nitrogens with zero attached hydrogens (tertiary/aromatic N) is 2. The number of ether oxygens (including phenoxy) is 2. The van der Waals surface area contributed by atoms with Crippen molar-refractivity contribution in [3.8, 4) is 0 Å². The SMILES string of the molecule is CCNC(=NCc1sccc1C)N1CCC(OCC2CCCCO2)CC1.I. The summed E-state index contributed by atoms with van der Waals surface area (Å²) >= 11 is 1.79. The van der Waals surface area contributed by atoms with Gasteiger partial charge in [-0.25, -0.2) is 4.99 Å². The minimum Gasteiger partial charge on any atom is -0.376 e. The lowest BCUT2D eigenvalue weighted by molar-refractivity contribution is -0.0721. The van der Waals surface area contributed by atoms with E-state index in [1.807, 2.05) is 0 Å². The van der Waals surface area contributed by atoms with E-state index in [9.17, 15) is 0 Å². The third kappa shape index (κ3) is 7.18. The first kappa shape index (κ1) is 22.9. The number of nitrogens with one attached hydrogen (secondary N) is 1. The van der Waals surface area contributed by atoms with Crippen molar-refractivity contribution >= 4 is 41.3 Å². The molecule has 27 heavy (non-hydrogen) atoms. The average Bonchev–Trinajstić information content (AvgIpc) is 3.10. The summed E-state index contributed by atoms with van der Waals surface area (Å²) in [6, 6.07) is 2.17. The normalized spacial score (nSPS) is 21.8. The van der Waals surface area contributed by atoms with E-state index in [2.05, 4.69) is 35.5 Å². The fourth-order valence-electron chi connectivity index (χ4n) is 3.56. The summed E-state index contributed by atoms with van der Waals surface area (Å²) in [5, 5.41) is 5.60. The van der Waals surface area contributed by atoms with E-state index in [4.69, 9.17) is 14.5 Å². The Kier molecular flexibility index (Phi) is 10.4. The second-order valence-electron chi connectivity index (χ2n) is 7.21. The molecule has 0 amide bonds. The maximum absolute atomic E-state index is 6.13. The minimum atomic E-state index is 0. The van der Waals surface area contributed by atoms with Gasteiger partial charge in [0.05, 0.1) is 25.4 Å². The van der Waals surface area contributed by atoms with Gasteiger partial charge in [-0.05, 0) is 63.0 Å². The predicted octanol–water partition coefficient (Wildman–Crippen LogP) is 4.19. The molecule has 1 aromatic rings. The molecule has 1 unspecified atom stereocenters. The molecule has 0 spiro atoms. The fraction of sp³-hybridized carbons (Fsp3) is 0.750. The fourth-order valence-corrected chi connectivity index (χ4v) is 4.38. The number of halogens is 1. The van der Waals surface area contributed by atoms with Crippen molar-refractivity contribution in [2.24, 2.45) is 4.99 Å². The highest BCUT2D eigenvalue weighted by Crippen LogP contribution is 2.19. The van der Waals surface area contributed by atoms with Gasteiger partial charge in [0, 0.05) is 31.1 Å². The van der Waals surface area contributed by atoms with E-state index in [0.717, 1.165) is 64.6 Å². The third-order valence-electron chi connectivity index (χ3n) is 5.21. The minimum absolute atomic E-state index is 0. The second-order valence-corrected chi connectivity index (χ2v) is 8.21. The molecule has 2 aliphatic heterocycles. The van der Waals surface area contributed by atoms with Gasteiger partial charge in [-0.3, -0.25) is 0 Å². The Morgan fingerprint density at radius 1 is 1.33 bits per heavy atom. The summed E-state index contributed by atoms with van der Waals surface area (Å²) in [4.78, 5) is 8.60. The number of piperidine rings is 1.